The Kier molecular flexibility index (Phi) is 3.33. The van der Waals surface area contributed by atoms with Gasteiger partial charge in [0.2, 0.25) is 0 Å². The summed E-state index contributed by atoms with van der Waals surface area (Å²) in [7, 11) is 1.67. The fourth-order valence-corrected chi connectivity index (χ4v) is 2.76. The van der Waals surface area contributed by atoms with E-state index < -0.39 is 5.97 Å². The number of benzene rings is 1. The van der Waals surface area contributed by atoms with Gasteiger partial charge in [0.15, 0.2) is 0 Å². The minimum absolute atomic E-state index is 0.153. The average molecular weight is 248 g/mol. The smallest absolute Gasteiger partial charge is 0.304 e. The monoisotopic (exact) mass is 248 g/mol. The lowest BCUT2D eigenvalue weighted by Crippen LogP contribution is -2.16. The first-order chi connectivity index (χ1) is 8.50. The Balaban J connectivity index is 2.47. The molecule has 0 aromatic heterocycles. The van der Waals surface area contributed by atoms with Crippen LogP contribution >= 0.6 is 0 Å². The molecule has 0 aliphatic heterocycles. The summed E-state index contributed by atoms with van der Waals surface area (Å²) in [5.74, 6) is 0.492. The first kappa shape index (κ1) is 12.9. The molecule has 18 heavy (non-hydrogen) atoms. The number of carboxylic acids is 1. The standard InChI is InChI=1S/C15H20O3/c1-10(2)14-11(5-4-6-12(14)18-3)15(7-8-15)9-13(16)17/h4-6,10H,7-9H2,1-3H3,(H,16,17). The van der Waals surface area contributed by atoms with Gasteiger partial charge in [0.25, 0.3) is 0 Å². The fourth-order valence-electron chi connectivity index (χ4n) is 2.76. The summed E-state index contributed by atoms with van der Waals surface area (Å²) in [5.41, 5.74) is 2.18. The van der Waals surface area contributed by atoms with E-state index in [-0.39, 0.29) is 11.8 Å². The van der Waals surface area contributed by atoms with Gasteiger partial charge in [0.1, 0.15) is 5.75 Å². The number of ether oxygens (including phenoxy) is 1. The summed E-state index contributed by atoms with van der Waals surface area (Å²) in [6.45, 7) is 4.25. The van der Waals surface area contributed by atoms with Crippen molar-refractivity contribution in [2.75, 3.05) is 7.11 Å². The van der Waals surface area contributed by atoms with Crippen molar-refractivity contribution in [2.45, 2.75) is 44.4 Å². The molecule has 98 valence electrons. The summed E-state index contributed by atoms with van der Waals surface area (Å²) in [4.78, 5) is 11.0. The molecule has 0 heterocycles. The second-order valence-electron chi connectivity index (χ2n) is 5.43. The second-order valence-corrected chi connectivity index (χ2v) is 5.43. The molecule has 2 rings (SSSR count). The van der Waals surface area contributed by atoms with Crippen LogP contribution in [0.5, 0.6) is 5.75 Å². The molecule has 0 amide bonds. The summed E-state index contributed by atoms with van der Waals surface area (Å²) < 4.78 is 5.43. The lowest BCUT2D eigenvalue weighted by Gasteiger charge is -2.22. The van der Waals surface area contributed by atoms with Crippen molar-refractivity contribution < 1.29 is 14.6 Å². The highest BCUT2D eigenvalue weighted by Gasteiger charge is 2.47. The Morgan fingerprint density at radius 2 is 2.11 bits per heavy atom. The zero-order valence-electron chi connectivity index (χ0n) is 11.2. The number of hydrogen-bond acceptors (Lipinski definition) is 2. The van der Waals surface area contributed by atoms with Crippen LogP contribution < -0.4 is 4.74 Å². The Morgan fingerprint density at radius 3 is 2.56 bits per heavy atom. The molecule has 0 unspecified atom stereocenters. The second kappa shape index (κ2) is 4.63. The van der Waals surface area contributed by atoms with Crippen molar-refractivity contribution in [1.82, 2.24) is 0 Å². The Hall–Kier alpha value is -1.51. The third-order valence-electron chi connectivity index (χ3n) is 3.78. The van der Waals surface area contributed by atoms with Gasteiger partial charge in [0, 0.05) is 11.0 Å². The third kappa shape index (κ3) is 2.22. The van der Waals surface area contributed by atoms with Gasteiger partial charge in [-0.25, -0.2) is 0 Å². The molecule has 1 saturated carbocycles. The molecule has 0 bridgehead atoms. The quantitative estimate of drug-likeness (QED) is 0.869. The summed E-state index contributed by atoms with van der Waals surface area (Å²) in [5, 5.41) is 9.08. The normalized spacial score (nSPS) is 16.7. The highest BCUT2D eigenvalue weighted by atomic mass is 16.5. The van der Waals surface area contributed by atoms with Gasteiger partial charge in [0.05, 0.1) is 13.5 Å². The zero-order valence-corrected chi connectivity index (χ0v) is 11.2. The van der Waals surface area contributed by atoms with Crippen LogP contribution in [-0.4, -0.2) is 18.2 Å². The lowest BCUT2D eigenvalue weighted by molar-refractivity contribution is -0.137. The van der Waals surface area contributed by atoms with Crippen molar-refractivity contribution in [3.63, 3.8) is 0 Å². The van der Waals surface area contributed by atoms with Crippen LogP contribution in [0.4, 0.5) is 0 Å². The Labute approximate surface area is 108 Å². The molecule has 0 atom stereocenters. The van der Waals surface area contributed by atoms with Crippen molar-refractivity contribution in [3.05, 3.63) is 29.3 Å². The van der Waals surface area contributed by atoms with Crippen molar-refractivity contribution in [3.8, 4) is 5.75 Å². The predicted molar refractivity (Wildman–Crippen MR) is 70.2 cm³/mol. The van der Waals surface area contributed by atoms with Gasteiger partial charge >= 0.3 is 5.97 Å². The molecule has 1 aliphatic rings. The van der Waals surface area contributed by atoms with Gasteiger partial charge in [-0.3, -0.25) is 4.79 Å². The van der Waals surface area contributed by atoms with E-state index in [9.17, 15) is 4.79 Å². The van der Waals surface area contributed by atoms with E-state index in [0.717, 1.165) is 18.6 Å². The topological polar surface area (TPSA) is 46.5 Å². The third-order valence-corrected chi connectivity index (χ3v) is 3.78. The molecule has 3 nitrogen and oxygen atoms in total. The lowest BCUT2D eigenvalue weighted by atomic mass is 9.84. The van der Waals surface area contributed by atoms with Crippen LogP contribution in [0.2, 0.25) is 0 Å². The largest absolute Gasteiger partial charge is 0.496 e. The fraction of sp³-hybridized carbons (Fsp3) is 0.533. The van der Waals surface area contributed by atoms with Gasteiger partial charge in [-0.2, -0.15) is 0 Å². The SMILES string of the molecule is COc1cccc(C2(CC(=O)O)CC2)c1C(C)C. The number of aliphatic carboxylic acids is 1. The van der Waals surface area contributed by atoms with E-state index >= 15 is 0 Å². The van der Waals surface area contributed by atoms with Crippen molar-refractivity contribution in [2.24, 2.45) is 0 Å². The van der Waals surface area contributed by atoms with Crippen LogP contribution in [0.15, 0.2) is 18.2 Å². The summed E-state index contributed by atoms with van der Waals surface area (Å²) >= 11 is 0. The first-order valence-corrected chi connectivity index (χ1v) is 6.39. The number of carboxylic acid groups (broad SMARTS) is 1. The Bertz CT molecular complexity index is 459. The van der Waals surface area contributed by atoms with Crippen LogP contribution in [0.3, 0.4) is 0 Å². The van der Waals surface area contributed by atoms with Gasteiger partial charge in [-0.1, -0.05) is 26.0 Å². The number of rotatable bonds is 5. The van der Waals surface area contributed by atoms with Crippen LogP contribution in [0.1, 0.15) is 50.2 Å². The minimum atomic E-state index is -0.718. The molecule has 1 fully saturated rings. The number of hydrogen-bond donors (Lipinski definition) is 1. The molecule has 0 radical (unpaired) electrons. The first-order valence-electron chi connectivity index (χ1n) is 6.39. The molecule has 1 N–H and O–H groups in total. The number of methoxy groups -OCH3 is 1. The van der Waals surface area contributed by atoms with E-state index in [2.05, 4.69) is 19.9 Å². The van der Waals surface area contributed by atoms with E-state index in [1.807, 2.05) is 12.1 Å². The van der Waals surface area contributed by atoms with Crippen LogP contribution in [0, 0.1) is 0 Å². The molecule has 1 aromatic carbocycles. The van der Waals surface area contributed by atoms with Gasteiger partial charge in [-0.15, -0.1) is 0 Å². The van der Waals surface area contributed by atoms with E-state index in [4.69, 9.17) is 9.84 Å². The zero-order chi connectivity index (χ0) is 13.3. The average Bonchev–Trinajstić information content (AvgIpc) is 3.07. The van der Waals surface area contributed by atoms with Crippen molar-refractivity contribution in [1.29, 1.82) is 0 Å². The van der Waals surface area contributed by atoms with Gasteiger partial charge in [-0.05, 0) is 30.4 Å². The molecule has 1 aliphatic carbocycles. The maximum atomic E-state index is 11.0. The maximum Gasteiger partial charge on any atom is 0.304 e. The molecular weight excluding hydrogens is 228 g/mol. The number of carbonyl (C=O) groups is 1. The molecule has 1 aromatic rings. The van der Waals surface area contributed by atoms with Crippen molar-refractivity contribution >= 4 is 5.97 Å². The van der Waals surface area contributed by atoms with E-state index in [1.165, 1.54) is 11.1 Å². The van der Waals surface area contributed by atoms with Gasteiger partial charge < -0.3 is 9.84 Å². The minimum Gasteiger partial charge on any atom is -0.496 e. The maximum absolute atomic E-state index is 11.0. The molecule has 3 heteroatoms. The highest BCUT2D eigenvalue weighted by molar-refractivity contribution is 5.70. The molecule has 0 spiro atoms. The van der Waals surface area contributed by atoms with Crippen LogP contribution in [0.25, 0.3) is 0 Å². The van der Waals surface area contributed by atoms with E-state index in [0.29, 0.717) is 5.92 Å². The summed E-state index contributed by atoms with van der Waals surface area (Å²) in [6, 6.07) is 5.98. The summed E-state index contributed by atoms with van der Waals surface area (Å²) in [6.07, 6.45) is 2.15. The molecular formula is C15H20O3. The van der Waals surface area contributed by atoms with E-state index in [1.54, 1.807) is 7.11 Å². The van der Waals surface area contributed by atoms with Crippen LogP contribution in [-0.2, 0) is 10.2 Å². The predicted octanol–water partition coefficient (Wildman–Crippen LogP) is 3.32. The highest BCUT2D eigenvalue weighted by Crippen LogP contribution is 2.54. The molecule has 0 saturated heterocycles. The Morgan fingerprint density at radius 1 is 1.44 bits per heavy atom.